The van der Waals surface area contributed by atoms with E-state index in [1.54, 1.807) is 11.1 Å². The Labute approximate surface area is 183 Å². The Bertz CT molecular complexity index is 980. The number of nitrogens with zero attached hydrogens (tertiary/aromatic N) is 4. The summed E-state index contributed by atoms with van der Waals surface area (Å²) in [4.78, 5) is 28.1. The van der Waals surface area contributed by atoms with Crippen LogP contribution in [0.3, 0.4) is 0 Å². The summed E-state index contributed by atoms with van der Waals surface area (Å²) in [6, 6.07) is 4.60. The van der Waals surface area contributed by atoms with Crippen molar-refractivity contribution in [2.75, 3.05) is 24.5 Å². The quantitative estimate of drug-likeness (QED) is 0.800. The van der Waals surface area contributed by atoms with Gasteiger partial charge in [-0.1, -0.05) is 6.92 Å². The number of hydrogen-bond donors (Lipinski definition) is 1. The molecule has 2 aromatic heterocycles. The summed E-state index contributed by atoms with van der Waals surface area (Å²) in [5, 5.41) is 6.81. The number of anilines is 1. The fourth-order valence-corrected chi connectivity index (χ4v) is 5.80. The Morgan fingerprint density at radius 3 is 2.71 bits per heavy atom. The lowest BCUT2D eigenvalue weighted by molar-refractivity contribution is -0.120. The average Bonchev–Trinajstić information content (AvgIpc) is 3.12. The number of aromatic nitrogens is 2. The molecule has 31 heavy (non-hydrogen) atoms. The average molecular weight is 424 g/mol. The molecule has 1 N–H and O–H groups in total. The van der Waals surface area contributed by atoms with E-state index in [4.69, 9.17) is 0 Å². The third kappa shape index (κ3) is 4.20. The van der Waals surface area contributed by atoms with Gasteiger partial charge < -0.3 is 4.90 Å². The first-order chi connectivity index (χ1) is 15.0. The second-order valence-corrected chi connectivity index (χ2v) is 10.0. The molecule has 3 fully saturated rings. The monoisotopic (exact) mass is 423 g/mol. The third-order valence-corrected chi connectivity index (χ3v) is 7.52. The van der Waals surface area contributed by atoms with E-state index in [-0.39, 0.29) is 11.9 Å². The molecule has 166 valence electrons. The molecule has 2 saturated heterocycles. The smallest absolute Gasteiger partial charge is 0.300 e. The van der Waals surface area contributed by atoms with Crippen molar-refractivity contribution in [3.8, 4) is 0 Å². The molecule has 1 aliphatic carbocycles. The first-order valence-corrected chi connectivity index (χ1v) is 11.8. The van der Waals surface area contributed by atoms with Gasteiger partial charge >= 0.3 is 6.03 Å². The minimum Gasteiger partial charge on any atom is -0.300 e. The van der Waals surface area contributed by atoms with Crippen molar-refractivity contribution in [2.24, 2.45) is 17.8 Å². The standard InChI is InChI=1S/C24H33N5O2/c1-16-9-20(10-16)15-27-6-3-18(11-17(27)2)12-19-4-8-29-21(13-19)22(14-25-29)28-7-5-23(30)26-24(28)31/h4,8,13-14,16-18,20H,3,5-7,9-12,15H2,1-2H3,(H,26,30,31)/t16-,17-,18+,20-/m0/s1. The summed E-state index contributed by atoms with van der Waals surface area (Å²) in [5.74, 6) is 2.32. The minimum atomic E-state index is -0.362. The van der Waals surface area contributed by atoms with Crippen LogP contribution in [-0.4, -0.2) is 52.1 Å². The van der Waals surface area contributed by atoms with Gasteiger partial charge in [0.2, 0.25) is 5.91 Å². The molecule has 0 bridgehead atoms. The molecule has 0 unspecified atom stereocenters. The van der Waals surface area contributed by atoms with Gasteiger partial charge in [0.05, 0.1) is 17.4 Å². The SMILES string of the molecule is C[C@H]1C[C@H](Cc2ccn3ncc(N4CCC(=O)NC4=O)c3c2)CCN1C[C@H]1C[C@H](C)C1. The highest BCUT2D eigenvalue weighted by atomic mass is 16.2. The van der Waals surface area contributed by atoms with Crippen molar-refractivity contribution < 1.29 is 9.59 Å². The molecule has 3 amide bonds. The number of rotatable bonds is 5. The van der Waals surface area contributed by atoms with Gasteiger partial charge in [0.1, 0.15) is 0 Å². The van der Waals surface area contributed by atoms with Gasteiger partial charge in [-0.2, -0.15) is 5.10 Å². The second-order valence-electron chi connectivity index (χ2n) is 10.0. The van der Waals surface area contributed by atoms with Crippen LogP contribution < -0.4 is 10.2 Å². The first kappa shape index (κ1) is 20.5. The molecule has 0 radical (unpaired) electrons. The number of imide groups is 1. The summed E-state index contributed by atoms with van der Waals surface area (Å²) in [5.41, 5.74) is 2.98. The predicted octanol–water partition coefficient (Wildman–Crippen LogP) is 3.47. The van der Waals surface area contributed by atoms with E-state index < -0.39 is 0 Å². The molecule has 7 nitrogen and oxygen atoms in total. The molecule has 5 rings (SSSR count). The fraction of sp³-hybridized carbons (Fsp3) is 0.625. The highest BCUT2D eigenvalue weighted by Crippen LogP contribution is 2.36. The summed E-state index contributed by atoms with van der Waals surface area (Å²) >= 11 is 0. The minimum absolute atomic E-state index is 0.217. The molecule has 1 saturated carbocycles. The number of nitrogens with one attached hydrogen (secondary N) is 1. The number of fused-ring (bicyclic) bond motifs is 1. The number of piperidine rings is 1. The van der Waals surface area contributed by atoms with Gasteiger partial charge in [-0.25, -0.2) is 9.31 Å². The van der Waals surface area contributed by atoms with Gasteiger partial charge in [-0.3, -0.25) is 15.0 Å². The summed E-state index contributed by atoms with van der Waals surface area (Å²) < 4.78 is 1.81. The zero-order valence-electron chi connectivity index (χ0n) is 18.6. The highest BCUT2D eigenvalue weighted by molar-refractivity contribution is 6.07. The van der Waals surface area contributed by atoms with Gasteiger partial charge in [0, 0.05) is 31.7 Å². The van der Waals surface area contributed by atoms with Crippen LogP contribution in [0.4, 0.5) is 10.5 Å². The largest absolute Gasteiger partial charge is 0.328 e. The number of urea groups is 1. The van der Waals surface area contributed by atoms with Crippen molar-refractivity contribution >= 4 is 23.1 Å². The maximum Gasteiger partial charge on any atom is 0.328 e. The van der Waals surface area contributed by atoms with Crippen LogP contribution in [0.15, 0.2) is 24.5 Å². The van der Waals surface area contributed by atoms with Crippen LogP contribution in [0.5, 0.6) is 0 Å². The Kier molecular flexibility index (Phi) is 5.46. The Hall–Kier alpha value is -2.41. The van der Waals surface area contributed by atoms with Crippen LogP contribution in [-0.2, 0) is 11.2 Å². The number of carbonyl (C=O) groups excluding carboxylic acids is 2. The molecule has 0 spiro atoms. The topological polar surface area (TPSA) is 70.0 Å². The van der Waals surface area contributed by atoms with Gasteiger partial charge in [-0.05, 0) is 81.0 Å². The molecule has 7 heteroatoms. The Balaban J connectivity index is 1.25. The lowest BCUT2D eigenvalue weighted by Crippen LogP contribution is -2.49. The maximum absolute atomic E-state index is 12.3. The predicted molar refractivity (Wildman–Crippen MR) is 120 cm³/mol. The van der Waals surface area contributed by atoms with E-state index in [9.17, 15) is 9.59 Å². The fourth-order valence-electron chi connectivity index (χ4n) is 5.80. The molecule has 3 aliphatic rings. The van der Waals surface area contributed by atoms with Gasteiger partial charge in [0.25, 0.3) is 0 Å². The van der Waals surface area contributed by atoms with Gasteiger partial charge in [0.15, 0.2) is 0 Å². The summed E-state index contributed by atoms with van der Waals surface area (Å²) in [6.45, 7) is 7.64. The molecular weight excluding hydrogens is 390 g/mol. The lowest BCUT2D eigenvalue weighted by Gasteiger charge is -2.43. The Morgan fingerprint density at radius 1 is 1.13 bits per heavy atom. The maximum atomic E-state index is 12.3. The molecule has 2 aromatic rings. The van der Waals surface area contributed by atoms with E-state index in [1.165, 1.54) is 44.3 Å². The molecular formula is C24H33N5O2. The van der Waals surface area contributed by atoms with Crippen LogP contribution in [0.25, 0.3) is 5.52 Å². The number of amides is 3. The van der Waals surface area contributed by atoms with Crippen molar-refractivity contribution in [3.63, 3.8) is 0 Å². The molecule has 2 atom stereocenters. The normalized spacial score (nSPS) is 29.8. The van der Waals surface area contributed by atoms with E-state index in [2.05, 4.69) is 41.3 Å². The van der Waals surface area contributed by atoms with E-state index in [1.807, 2.05) is 10.7 Å². The zero-order chi connectivity index (χ0) is 21.5. The van der Waals surface area contributed by atoms with E-state index in [0.717, 1.165) is 29.5 Å². The number of hydrogen-bond acceptors (Lipinski definition) is 4. The number of pyridine rings is 1. The van der Waals surface area contributed by atoms with Crippen LogP contribution in [0.1, 0.15) is 51.5 Å². The van der Waals surface area contributed by atoms with E-state index >= 15 is 0 Å². The first-order valence-electron chi connectivity index (χ1n) is 11.8. The van der Waals surface area contributed by atoms with Crippen LogP contribution in [0.2, 0.25) is 0 Å². The molecule has 0 aromatic carbocycles. The Morgan fingerprint density at radius 2 is 1.97 bits per heavy atom. The van der Waals surface area contributed by atoms with Gasteiger partial charge in [-0.15, -0.1) is 0 Å². The van der Waals surface area contributed by atoms with E-state index in [0.29, 0.717) is 24.9 Å². The van der Waals surface area contributed by atoms with Crippen molar-refractivity contribution in [3.05, 3.63) is 30.1 Å². The number of likely N-dealkylation sites (tertiary alicyclic amines) is 1. The second kappa shape index (κ2) is 8.26. The third-order valence-electron chi connectivity index (χ3n) is 7.52. The zero-order valence-corrected chi connectivity index (χ0v) is 18.6. The van der Waals surface area contributed by atoms with Crippen molar-refractivity contribution in [2.45, 2.75) is 58.4 Å². The lowest BCUT2D eigenvalue weighted by atomic mass is 9.75. The molecule has 2 aliphatic heterocycles. The van der Waals surface area contributed by atoms with Crippen LogP contribution >= 0.6 is 0 Å². The molecule has 4 heterocycles. The van der Waals surface area contributed by atoms with Crippen molar-refractivity contribution in [1.82, 2.24) is 19.8 Å². The highest BCUT2D eigenvalue weighted by Gasteiger charge is 2.32. The van der Waals surface area contributed by atoms with Crippen LogP contribution in [0, 0.1) is 17.8 Å². The summed E-state index contributed by atoms with van der Waals surface area (Å²) in [6.07, 6.45) is 10.4. The number of carbonyl (C=O) groups is 2. The van der Waals surface area contributed by atoms with Crippen molar-refractivity contribution in [1.29, 1.82) is 0 Å². The summed E-state index contributed by atoms with van der Waals surface area (Å²) in [7, 11) is 0.